The van der Waals surface area contributed by atoms with Gasteiger partial charge in [-0.05, 0) is 41.5 Å². The van der Waals surface area contributed by atoms with Gasteiger partial charge in [-0.1, -0.05) is 18.2 Å². The van der Waals surface area contributed by atoms with Crippen LogP contribution in [0.4, 0.5) is 0 Å². The van der Waals surface area contributed by atoms with E-state index < -0.39 is 17.7 Å². The highest BCUT2D eigenvalue weighted by Gasteiger charge is 2.16. The highest BCUT2D eigenvalue weighted by Crippen LogP contribution is 2.30. The number of methoxy groups -OCH3 is 2. The summed E-state index contributed by atoms with van der Waals surface area (Å²) in [5, 5.41) is 29.3. The van der Waals surface area contributed by atoms with Gasteiger partial charge in [0.2, 0.25) is 0 Å². The lowest BCUT2D eigenvalue weighted by molar-refractivity contribution is -0.126. The highest BCUT2D eigenvalue weighted by molar-refractivity contribution is 6.06. The predicted octanol–water partition coefficient (Wildman–Crippen LogP) is 2.78. The summed E-state index contributed by atoms with van der Waals surface area (Å²) in [6.07, 6.45) is 1.08. The molecule has 0 unspecified atom stereocenters. The SMILES string of the molecule is COc1cc(/C=C/C(=O)CC(=O)C[C@H](O)c2ccc(O)c(OC)c2)ccc1O. The summed E-state index contributed by atoms with van der Waals surface area (Å²) in [6.45, 7) is 0. The van der Waals surface area contributed by atoms with Gasteiger partial charge in [0.25, 0.3) is 0 Å². The van der Waals surface area contributed by atoms with Crippen LogP contribution in [-0.4, -0.2) is 41.1 Å². The topological polar surface area (TPSA) is 113 Å². The Balaban J connectivity index is 1.94. The molecule has 0 fully saturated rings. The zero-order chi connectivity index (χ0) is 20.7. The first kappa shape index (κ1) is 21.0. The van der Waals surface area contributed by atoms with Crippen molar-refractivity contribution in [2.75, 3.05) is 14.2 Å². The molecule has 0 aliphatic rings. The fraction of sp³-hybridized carbons (Fsp3) is 0.238. The number of benzene rings is 2. The fourth-order valence-electron chi connectivity index (χ4n) is 2.55. The van der Waals surface area contributed by atoms with E-state index in [4.69, 9.17) is 9.47 Å². The van der Waals surface area contributed by atoms with Gasteiger partial charge in [0.1, 0.15) is 5.78 Å². The number of hydrogen-bond donors (Lipinski definition) is 3. The van der Waals surface area contributed by atoms with E-state index in [0.717, 1.165) is 0 Å². The number of aliphatic hydroxyl groups is 1. The molecule has 0 saturated heterocycles. The number of Topliss-reactive ketones (excluding diaryl/α,β-unsaturated/α-hetero) is 1. The molecule has 0 radical (unpaired) electrons. The Hall–Kier alpha value is -3.32. The van der Waals surface area contributed by atoms with Gasteiger partial charge in [0.05, 0.1) is 26.7 Å². The minimum absolute atomic E-state index is 0.0130. The van der Waals surface area contributed by atoms with Gasteiger partial charge in [-0.25, -0.2) is 0 Å². The molecular formula is C21H22O7. The van der Waals surface area contributed by atoms with E-state index >= 15 is 0 Å². The van der Waals surface area contributed by atoms with Crippen molar-refractivity contribution in [1.82, 2.24) is 0 Å². The number of phenolic OH excluding ortho intramolecular Hbond substituents is 2. The molecule has 0 amide bonds. The van der Waals surface area contributed by atoms with Crippen molar-refractivity contribution in [1.29, 1.82) is 0 Å². The Morgan fingerprint density at radius 2 is 1.61 bits per heavy atom. The maximum Gasteiger partial charge on any atom is 0.163 e. The zero-order valence-electron chi connectivity index (χ0n) is 15.6. The van der Waals surface area contributed by atoms with Crippen molar-refractivity contribution in [3.05, 3.63) is 53.6 Å². The molecule has 3 N–H and O–H groups in total. The Morgan fingerprint density at radius 1 is 1.00 bits per heavy atom. The molecule has 1 atom stereocenters. The first-order valence-electron chi connectivity index (χ1n) is 8.48. The molecule has 7 nitrogen and oxygen atoms in total. The molecule has 0 aromatic heterocycles. The number of allylic oxidation sites excluding steroid dienone is 1. The average molecular weight is 386 g/mol. The van der Waals surface area contributed by atoms with E-state index in [9.17, 15) is 24.9 Å². The molecule has 0 spiro atoms. The molecule has 0 bridgehead atoms. The third-order valence-electron chi connectivity index (χ3n) is 4.05. The third-order valence-corrected chi connectivity index (χ3v) is 4.05. The Morgan fingerprint density at radius 3 is 2.25 bits per heavy atom. The number of ketones is 2. The quantitative estimate of drug-likeness (QED) is 0.448. The van der Waals surface area contributed by atoms with Gasteiger partial charge in [0.15, 0.2) is 28.8 Å². The van der Waals surface area contributed by atoms with E-state index in [1.807, 2.05) is 0 Å². The van der Waals surface area contributed by atoms with E-state index in [-0.39, 0.29) is 35.8 Å². The van der Waals surface area contributed by atoms with Gasteiger partial charge in [-0.2, -0.15) is 0 Å². The van der Waals surface area contributed by atoms with Crippen LogP contribution in [0.2, 0.25) is 0 Å². The number of aliphatic hydroxyl groups excluding tert-OH is 1. The lowest BCUT2D eigenvalue weighted by Gasteiger charge is -2.12. The van der Waals surface area contributed by atoms with E-state index in [1.54, 1.807) is 12.1 Å². The fourth-order valence-corrected chi connectivity index (χ4v) is 2.55. The second-order valence-corrected chi connectivity index (χ2v) is 6.10. The van der Waals surface area contributed by atoms with Crippen LogP contribution in [0.25, 0.3) is 6.08 Å². The smallest absolute Gasteiger partial charge is 0.163 e. The van der Waals surface area contributed by atoms with Gasteiger partial charge in [-0.3, -0.25) is 9.59 Å². The lowest BCUT2D eigenvalue weighted by Crippen LogP contribution is -2.10. The molecule has 0 aliphatic heterocycles. The molecule has 2 rings (SSSR count). The Labute approximate surface area is 162 Å². The molecule has 28 heavy (non-hydrogen) atoms. The lowest BCUT2D eigenvalue weighted by atomic mass is 10.0. The molecule has 2 aromatic rings. The molecule has 2 aromatic carbocycles. The van der Waals surface area contributed by atoms with Gasteiger partial charge < -0.3 is 24.8 Å². The Bertz CT molecular complexity index is 886. The first-order chi connectivity index (χ1) is 13.3. The number of ether oxygens (including phenoxy) is 2. The van der Waals surface area contributed by atoms with Crippen molar-refractivity contribution in [3.8, 4) is 23.0 Å². The van der Waals surface area contributed by atoms with Crippen LogP contribution in [0.5, 0.6) is 23.0 Å². The minimum Gasteiger partial charge on any atom is -0.504 e. The van der Waals surface area contributed by atoms with Gasteiger partial charge >= 0.3 is 0 Å². The summed E-state index contributed by atoms with van der Waals surface area (Å²) >= 11 is 0. The standard InChI is InChI=1S/C21H22O7/c1-27-20-9-13(4-7-17(20)24)3-6-15(22)11-16(23)12-19(26)14-5-8-18(25)21(10-14)28-2/h3-10,19,24-26H,11-12H2,1-2H3/b6-3+/t19-/m0/s1. The van der Waals surface area contributed by atoms with E-state index in [0.29, 0.717) is 11.1 Å². The summed E-state index contributed by atoms with van der Waals surface area (Å²) in [6, 6.07) is 8.88. The van der Waals surface area contributed by atoms with Crippen molar-refractivity contribution < 1.29 is 34.4 Å². The molecular weight excluding hydrogens is 364 g/mol. The van der Waals surface area contributed by atoms with Crippen molar-refractivity contribution in [2.45, 2.75) is 18.9 Å². The van der Waals surface area contributed by atoms with Crippen LogP contribution >= 0.6 is 0 Å². The van der Waals surface area contributed by atoms with Gasteiger partial charge in [-0.15, -0.1) is 0 Å². The summed E-state index contributed by atoms with van der Waals surface area (Å²) in [7, 11) is 2.80. The maximum absolute atomic E-state index is 12.1. The normalized spacial score (nSPS) is 12.0. The number of carbonyl (C=O) groups excluding carboxylic acids is 2. The molecule has 7 heteroatoms. The second kappa shape index (κ2) is 9.57. The third kappa shape index (κ3) is 5.59. The number of carbonyl (C=O) groups is 2. The van der Waals surface area contributed by atoms with Crippen LogP contribution in [0.1, 0.15) is 30.1 Å². The summed E-state index contributed by atoms with van der Waals surface area (Å²) < 4.78 is 9.96. The largest absolute Gasteiger partial charge is 0.504 e. The van der Waals surface area contributed by atoms with Crippen molar-refractivity contribution in [2.24, 2.45) is 0 Å². The Kier molecular flexibility index (Phi) is 7.17. The monoisotopic (exact) mass is 386 g/mol. The van der Waals surface area contributed by atoms with E-state index in [2.05, 4.69) is 0 Å². The van der Waals surface area contributed by atoms with Crippen LogP contribution in [0.15, 0.2) is 42.5 Å². The molecule has 0 aliphatic carbocycles. The van der Waals surface area contributed by atoms with Crippen LogP contribution in [0, 0.1) is 0 Å². The molecule has 148 valence electrons. The zero-order valence-corrected chi connectivity index (χ0v) is 15.6. The average Bonchev–Trinajstić information content (AvgIpc) is 2.67. The summed E-state index contributed by atoms with van der Waals surface area (Å²) in [4.78, 5) is 24.1. The number of hydrogen-bond acceptors (Lipinski definition) is 7. The highest BCUT2D eigenvalue weighted by atomic mass is 16.5. The van der Waals surface area contributed by atoms with Crippen molar-refractivity contribution >= 4 is 17.6 Å². The minimum atomic E-state index is -1.11. The maximum atomic E-state index is 12.1. The van der Waals surface area contributed by atoms with Crippen LogP contribution in [-0.2, 0) is 9.59 Å². The summed E-state index contributed by atoms with van der Waals surface area (Å²) in [5.74, 6) is -0.451. The predicted molar refractivity (Wildman–Crippen MR) is 103 cm³/mol. The van der Waals surface area contributed by atoms with E-state index in [1.165, 1.54) is 50.6 Å². The van der Waals surface area contributed by atoms with Crippen LogP contribution in [0.3, 0.4) is 0 Å². The number of aromatic hydroxyl groups is 2. The van der Waals surface area contributed by atoms with Gasteiger partial charge in [0, 0.05) is 6.42 Å². The first-order valence-corrected chi connectivity index (χ1v) is 8.48. The van der Waals surface area contributed by atoms with Crippen LogP contribution < -0.4 is 9.47 Å². The number of rotatable bonds is 9. The molecule has 0 saturated carbocycles. The number of phenols is 2. The summed E-state index contributed by atoms with van der Waals surface area (Å²) in [5.41, 5.74) is 1.04. The van der Waals surface area contributed by atoms with Crippen molar-refractivity contribution in [3.63, 3.8) is 0 Å². The molecule has 0 heterocycles. The second-order valence-electron chi connectivity index (χ2n) is 6.10.